The molecule has 1 N–H and O–H groups in total. The maximum absolute atomic E-state index is 12.0. The molecule has 6 heteroatoms. The highest BCUT2D eigenvalue weighted by Gasteiger charge is 2.21. The molecule has 0 aliphatic carbocycles. The number of rotatable bonds is 2. The topological polar surface area (TPSA) is 63.1 Å². The first kappa shape index (κ1) is 10.1. The molecule has 1 aromatic rings. The summed E-state index contributed by atoms with van der Waals surface area (Å²) in [4.78, 5) is 13.9. The van der Waals surface area contributed by atoms with Crippen LogP contribution in [-0.4, -0.2) is 52.0 Å². The second-order valence-electron chi connectivity index (χ2n) is 3.48. The number of amides is 1. The number of piperazine rings is 1. The van der Waals surface area contributed by atoms with E-state index in [1.165, 1.54) is 6.20 Å². The number of carbonyl (C=O) groups is 1. The average Bonchev–Trinajstić information content (AvgIpc) is 2.77. The predicted molar refractivity (Wildman–Crippen MR) is 54.5 cm³/mol. The number of nitrogens with one attached hydrogen (secondary N) is 1. The molecule has 0 radical (unpaired) electrons. The van der Waals surface area contributed by atoms with Crippen LogP contribution in [0.2, 0.25) is 0 Å². The molecular formula is C9H15N5O. The highest BCUT2D eigenvalue weighted by atomic mass is 16.2. The van der Waals surface area contributed by atoms with E-state index in [1.807, 2.05) is 11.8 Å². The summed E-state index contributed by atoms with van der Waals surface area (Å²) in [6.07, 6.45) is 1.54. The molecule has 0 spiro atoms. The summed E-state index contributed by atoms with van der Waals surface area (Å²) >= 11 is 0. The van der Waals surface area contributed by atoms with E-state index in [4.69, 9.17) is 0 Å². The zero-order chi connectivity index (χ0) is 10.7. The summed E-state index contributed by atoms with van der Waals surface area (Å²) in [5.41, 5.74) is 0.583. The summed E-state index contributed by atoms with van der Waals surface area (Å²) in [6.45, 7) is 5.86. The molecule has 0 bridgehead atoms. The van der Waals surface area contributed by atoms with Gasteiger partial charge >= 0.3 is 0 Å². The lowest BCUT2D eigenvalue weighted by Gasteiger charge is -2.27. The molecule has 0 atom stereocenters. The number of nitrogens with zero attached hydrogens (tertiary/aromatic N) is 4. The van der Waals surface area contributed by atoms with Gasteiger partial charge in [-0.05, 0) is 6.92 Å². The van der Waals surface area contributed by atoms with Crippen molar-refractivity contribution in [3.8, 4) is 0 Å². The summed E-state index contributed by atoms with van der Waals surface area (Å²) in [5.74, 6) is 0.0309. The minimum atomic E-state index is 0.0309. The third-order valence-corrected chi connectivity index (χ3v) is 2.54. The first-order chi connectivity index (χ1) is 7.33. The Kier molecular flexibility index (Phi) is 2.96. The molecule has 1 saturated heterocycles. The molecule has 82 valence electrons. The number of aryl methyl sites for hydroxylation is 1. The number of carbonyl (C=O) groups excluding carboxylic acids is 1. The van der Waals surface area contributed by atoms with Crippen molar-refractivity contribution in [2.75, 3.05) is 26.2 Å². The lowest BCUT2D eigenvalue weighted by Crippen LogP contribution is -2.46. The van der Waals surface area contributed by atoms with Crippen molar-refractivity contribution < 1.29 is 4.79 Å². The van der Waals surface area contributed by atoms with E-state index in [0.29, 0.717) is 12.2 Å². The van der Waals surface area contributed by atoms with Gasteiger partial charge in [-0.3, -0.25) is 4.79 Å². The fourth-order valence-corrected chi connectivity index (χ4v) is 1.69. The molecule has 0 unspecified atom stereocenters. The van der Waals surface area contributed by atoms with E-state index in [-0.39, 0.29) is 5.91 Å². The van der Waals surface area contributed by atoms with Crippen molar-refractivity contribution in [1.82, 2.24) is 25.2 Å². The Balaban J connectivity index is 2.12. The van der Waals surface area contributed by atoms with Crippen molar-refractivity contribution >= 4 is 5.91 Å². The largest absolute Gasteiger partial charge is 0.335 e. The summed E-state index contributed by atoms with van der Waals surface area (Å²) in [7, 11) is 0. The van der Waals surface area contributed by atoms with E-state index < -0.39 is 0 Å². The van der Waals surface area contributed by atoms with Crippen molar-refractivity contribution in [2.24, 2.45) is 0 Å². The van der Waals surface area contributed by atoms with Crippen LogP contribution >= 0.6 is 0 Å². The Morgan fingerprint density at radius 2 is 2.27 bits per heavy atom. The Labute approximate surface area is 88.2 Å². The normalized spacial score (nSPS) is 16.7. The van der Waals surface area contributed by atoms with Gasteiger partial charge < -0.3 is 10.2 Å². The fourth-order valence-electron chi connectivity index (χ4n) is 1.69. The molecule has 1 amide bonds. The van der Waals surface area contributed by atoms with E-state index >= 15 is 0 Å². The Hall–Kier alpha value is -1.43. The van der Waals surface area contributed by atoms with Gasteiger partial charge in [-0.1, -0.05) is 5.21 Å². The van der Waals surface area contributed by atoms with Crippen LogP contribution in [-0.2, 0) is 6.54 Å². The number of hydrogen-bond acceptors (Lipinski definition) is 4. The van der Waals surface area contributed by atoms with Crippen LogP contribution in [0.1, 0.15) is 17.4 Å². The Morgan fingerprint density at radius 3 is 2.93 bits per heavy atom. The molecule has 2 rings (SSSR count). The standard InChI is InChI=1S/C9H15N5O/c1-2-14-8(7-11-12-14)9(15)13-5-3-10-4-6-13/h7,10H,2-6H2,1H3. The lowest BCUT2D eigenvalue weighted by atomic mass is 10.3. The van der Waals surface area contributed by atoms with Crippen molar-refractivity contribution in [2.45, 2.75) is 13.5 Å². The van der Waals surface area contributed by atoms with Gasteiger partial charge in [-0.25, -0.2) is 4.68 Å². The van der Waals surface area contributed by atoms with Crippen LogP contribution in [0.3, 0.4) is 0 Å². The quantitative estimate of drug-likeness (QED) is 0.702. The molecule has 1 aromatic heterocycles. The third kappa shape index (κ3) is 1.99. The van der Waals surface area contributed by atoms with Crippen LogP contribution in [0.4, 0.5) is 0 Å². The van der Waals surface area contributed by atoms with Crippen LogP contribution < -0.4 is 5.32 Å². The molecule has 2 heterocycles. The zero-order valence-corrected chi connectivity index (χ0v) is 8.81. The summed E-state index contributed by atoms with van der Waals surface area (Å²) in [6, 6.07) is 0. The van der Waals surface area contributed by atoms with E-state index in [2.05, 4.69) is 15.6 Å². The van der Waals surface area contributed by atoms with Crippen LogP contribution in [0.5, 0.6) is 0 Å². The van der Waals surface area contributed by atoms with Gasteiger partial charge in [0.25, 0.3) is 5.91 Å². The van der Waals surface area contributed by atoms with E-state index in [1.54, 1.807) is 4.68 Å². The molecule has 6 nitrogen and oxygen atoms in total. The molecule has 1 aliphatic heterocycles. The number of hydrogen-bond donors (Lipinski definition) is 1. The van der Waals surface area contributed by atoms with E-state index in [9.17, 15) is 4.79 Å². The van der Waals surface area contributed by atoms with Gasteiger partial charge in [0.2, 0.25) is 0 Å². The monoisotopic (exact) mass is 209 g/mol. The molecule has 1 aliphatic rings. The van der Waals surface area contributed by atoms with E-state index in [0.717, 1.165) is 26.2 Å². The van der Waals surface area contributed by atoms with Gasteiger partial charge in [-0.15, -0.1) is 5.10 Å². The van der Waals surface area contributed by atoms with Crippen molar-refractivity contribution in [3.63, 3.8) is 0 Å². The van der Waals surface area contributed by atoms with Gasteiger partial charge in [0.1, 0.15) is 5.69 Å². The fraction of sp³-hybridized carbons (Fsp3) is 0.667. The SMILES string of the molecule is CCn1nncc1C(=O)N1CCNCC1. The first-order valence-corrected chi connectivity index (χ1v) is 5.21. The zero-order valence-electron chi connectivity index (χ0n) is 8.81. The highest BCUT2D eigenvalue weighted by molar-refractivity contribution is 5.92. The van der Waals surface area contributed by atoms with Gasteiger partial charge in [-0.2, -0.15) is 0 Å². The minimum Gasteiger partial charge on any atom is -0.335 e. The maximum Gasteiger partial charge on any atom is 0.273 e. The number of aromatic nitrogens is 3. The molecular weight excluding hydrogens is 194 g/mol. The van der Waals surface area contributed by atoms with Crippen molar-refractivity contribution in [1.29, 1.82) is 0 Å². The minimum absolute atomic E-state index is 0.0309. The predicted octanol–water partition coefficient (Wildman–Crippen LogP) is -0.657. The van der Waals surface area contributed by atoms with Crippen LogP contribution in [0.25, 0.3) is 0 Å². The Morgan fingerprint density at radius 1 is 1.53 bits per heavy atom. The van der Waals surface area contributed by atoms with Gasteiger partial charge in [0, 0.05) is 32.7 Å². The molecule has 0 saturated carbocycles. The van der Waals surface area contributed by atoms with Gasteiger partial charge in [0.05, 0.1) is 6.20 Å². The summed E-state index contributed by atoms with van der Waals surface area (Å²) in [5, 5.41) is 10.8. The highest BCUT2D eigenvalue weighted by Crippen LogP contribution is 2.04. The Bertz CT molecular complexity index is 342. The van der Waals surface area contributed by atoms with Gasteiger partial charge in [0.15, 0.2) is 0 Å². The smallest absolute Gasteiger partial charge is 0.273 e. The molecule has 15 heavy (non-hydrogen) atoms. The van der Waals surface area contributed by atoms with Crippen molar-refractivity contribution in [3.05, 3.63) is 11.9 Å². The summed E-state index contributed by atoms with van der Waals surface area (Å²) < 4.78 is 1.63. The van der Waals surface area contributed by atoms with Crippen LogP contribution in [0.15, 0.2) is 6.20 Å². The maximum atomic E-state index is 12.0. The lowest BCUT2D eigenvalue weighted by molar-refractivity contribution is 0.0723. The molecule has 1 fully saturated rings. The first-order valence-electron chi connectivity index (χ1n) is 5.21. The second kappa shape index (κ2) is 4.39. The third-order valence-electron chi connectivity index (χ3n) is 2.54. The second-order valence-corrected chi connectivity index (χ2v) is 3.48. The molecule has 0 aromatic carbocycles. The average molecular weight is 209 g/mol. The van der Waals surface area contributed by atoms with Crippen LogP contribution in [0, 0.1) is 0 Å².